The second-order valence-corrected chi connectivity index (χ2v) is 8.12. The SMILES string of the molecule is CC1(c2ccc3c(c2)CCC3)NC(=O)N(CC(=O)NCc2ccc(Cl)cc2)C1=O. The molecule has 0 bridgehead atoms. The molecule has 4 amide bonds. The largest absolute Gasteiger partial charge is 0.350 e. The summed E-state index contributed by atoms with van der Waals surface area (Å²) in [5.74, 6) is -0.816. The zero-order valence-corrected chi connectivity index (χ0v) is 16.9. The number of urea groups is 1. The number of aryl methyl sites for hydroxylation is 2. The number of nitrogens with one attached hydrogen (secondary N) is 2. The number of fused-ring (bicyclic) bond motifs is 1. The van der Waals surface area contributed by atoms with Crippen LogP contribution in [0.5, 0.6) is 0 Å². The Morgan fingerprint density at radius 2 is 1.86 bits per heavy atom. The third-order valence-corrected chi connectivity index (χ3v) is 5.91. The van der Waals surface area contributed by atoms with Crippen molar-refractivity contribution in [3.05, 3.63) is 69.7 Å². The fraction of sp³-hybridized carbons (Fsp3) is 0.318. The molecule has 1 heterocycles. The monoisotopic (exact) mass is 411 g/mol. The number of benzene rings is 2. The Hall–Kier alpha value is -2.86. The van der Waals surface area contributed by atoms with Crippen LogP contribution in [0.3, 0.4) is 0 Å². The van der Waals surface area contributed by atoms with Crippen molar-refractivity contribution >= 4 is 29.4 Å². The van der Waals surface area contributed by atoms with Crippen molar-refractivity contribution in [2.75, 3.05) is 6.54 Å². The summed E-state index contributed by atoms with van der Waals surface area (Å²) in [4.78, 5) is 38.8. The van der Waals surface area contributed by atoms with Crippen LogP contribution in [-0.2, 0) is 34.5 Å². The van der Waals surface area contributed by atoms with E-state index in [4.69, 9.17) is 11.6 Å². The molecule has 150 valence electrons. The van der Waals surface area contributed by atoms with Crippen LogP contribution in [0.25, 0.3) is 0 Å². The maximum absolute atomic E-state index is 13.0. The number of halogens is 1. The Bertz CT molecular complexity index is 989. The van der Waals surface area contributed by atoms with Gasteiger partial charge in [-0.15, -0.1) is 0 Å². The quantitative estimate of drug-likeness (QED) is 0.742. The van der Waals surface area contributed by atoms with E-state index >= 15 is 0 Å². The van der Waals surface area contributed by atoms with Gasteiger partial charge in [-0.25, -0.2) is 4.79 Å². The summed E-state index contributed by atoms with van der Waals surface area (Å²) in [5.41, 5.74) is 2.99. The van der Waals surface area contributed by atoms with Gasteiger partial charge in [0, 0.05) is 11.6 Å². The van der Waals surface area contributed by atoms with Gasteiger partial charge in [0.05, 0.1) is 0 Å². The lowest BCUT2D eigenvalue weighted by atomic mass is 9.89. The van der Waals surface area contributed by atoms with Gasteiger partial charge in [-0.1, -0.05) is 41.9 Å². The van der Waals surface area contributed by atoms with E-state index in [1.807, 2.05) is 18.2 Å². The van der Waals surface area contributed by atoms with Gasteiger partial charge in [-0.3, -0.25) is 14.5 Å². The van der Waals surface area contributed by atoms with Crippen molar-refractivity contribution in [3.63, 3.8) is 0 Å². The molecule has 29 heavy (non-hydrogen) atoms. The maximum Gasteiger partial charge on any atom is 0.325 e. The number of imide groups is 1. The number of hydrogen-bond acceptors (Lipinski definition) is 3. The minimum Gasteiger partial charge on any atom is -0.350 e. The number of carbonyl (C=O) groups is 3. The van der Waals surface area contributed by atoms with Crippen molar-refractivity contribution in [1.82, 2.24) is 15.5 Å². The van der Waals surface area contributed by atoms with Gasteiger partial charge in [0.1, 0.15) is 12.1 Å². The van der Waals surface area contributed by atoms with Crippen LogP contribution < -0.4 is 10.6 Å². The molecule has 4 rings (SSSR count). The molecule has 1 fully saturated rings. The summed E-state index contributed by atoms with van der Waals surface area (Å²) in [6, 6.07) is 12.5. The molecule has 0 aromatic heterocycles. The Kier molecular flexibility index (Phi) is 5.04. The lowest BCUT2D eigenvalue weighted by molar-refractivity contribution is -0.134. The van der Waals surface area contributed by atoms with Crippen molar-refractivity contribution in [2.24, 2.45) is 0 Å². The zero-order valence-electron chi connectivity index (χ0n) is 16.1. The highest BCUT2D eigenvalue weighted by Gasteiger charge is 2.49. The maximum atomic E-state index is 13.0. The smallest absolute Gasteiger partial charge is 0.325 e. The average molecular weight is 412 g/mol. The second-order valence-electron chi connectivity index (χ2n) is 7.69. The first kappa shape index (κ1) is 19.5. The highest BCUT2D eigenvalue weighted by Crippen LogP contribution is 2.32. The number of carbonyl (C=O) groups excluding carboxylic acids is 3. The van der Waals surface area contributed by atoms with E-state index in [2.05, 4.69) is 10.6 Å². The number of nitrogens with zero attached hydrogens (tertiary/aromatic N) is 1. The summed E-state index contributed by atoms with van der Waals surface area (Å²) < 4.78 is 0. The second kappa shape index (κ2) is 7.52. The van der Waals surface area contributed by atoms with Gasteiger partial charge >= 0.3 is 6.03 Å². The first-order valence-corrected chi connectivity index (χ1v) is 10.0. The Balaban J connectivity index is 1.43. The predicted molar refractivity (Wildman–Crippen MR) is 109 cm³/mol. The van der Waals surface area contributed by atoms with Gasteiger partial charge in [0.2, 0.25) is 5.91 Å². The first-order chi connectivity index (χ1) is 13.9. The van der Waals surface area contributed by atoms with E-state index in [1.165, 1.54) is 11.1 Å². The van der Waals surface area contributed by atoms with Crippen LogP contribution in [0.15, 0.2) is 42.5 Å². The Morgan fingerprint density at radius 1 is 1.14 bits per heavy atom. The molecule has 2 aromatic carbocycles. The highest BCUT2D eigenvalue weighted by atomic mass is 35.5. The van der Waals surface area contributed by atoms with Crippen LogP contribution in [0.1, 0.15) is 35.6 Å². The molecular formula is C22H22ClN3O3. The number of rotatable bonds is 5. The molecule has 1 unspecified atom stereocenters. The minimum absolute atomic E-state index is 0.293. The van der Waals surface area contributed by atoms with E-state index in [0.29, 0.717) is 11.6 Å². The third-order valence-electron chi connectivity index (χ3n) is 5.66. The molecule has 2 aromatic rings. The van der Waals surface area contributed by atoms with Crippen LogP contribution in [0, 0.1) is 0 Å². The van der Waals surface area contributed by atoms with Crippen LogP contribution in [0.4, 0.5) is 4.79 Å². The van der Waals surface area contributed by atoms with E-state index < -0.39 is 23.4 Å². The molecule has 0 spiro atoms. The molecule has 1 atom stereocenters. The van der Waals surface area contributed by atoms with Gasteiger partial charge in [-0.2, -0.15) is 0 Å². The lowest BCUT2D eigenvalue weighted by Gasteiger charge is -2.23. The van der Waals surface area contributed by atoms with E-state index in [1.54, 1.807) is 31.2 Å². The van der Waals surface area contributed by atoms with Gasteiger partial charge in [0.15, 0.2) is 0 Å². The van der Waals surface area contributed by atoms with Crippen LogP contribution in [-0.4, -0.2) is 29.3 Å². The van der Waals surface area contributed by atoms with Crippen LogP contribution in [0.2, 0.25) is 5.02 Å². The zero-order chi connectivity index (χ0) is 20.6. The molecule has 2 N–H and O–H groups in total. The Morgan fingerprint density at radius 3 is 2.62 bits per heavy atom. The molecule has 1 aliphatic heterocycles. The molecule has 7 heteroatoms. The number of hydrogen-bond donors (Lipinski definition) is 2. The van der Waals surface area contributed by atoms with Gasteiger partial charge in [0.25, 0.3) is 5.91 Å². The molecular weight excluding hydrogens is 390 g/mol. The summed E-state index contributed by atoms with van der Waals surface area (Å²) in [6.45, 7) is 1.66. The lowest BCUT2D eigenvalue weighted by Crippen LogP contribution is -2.43. The van der Waals surface area contributed by atoms with Crippen molar-refractivity contribution in [1.29, 1.82) is 0 Å². The van der Waals surface area contributed by atoms with E-state index in [-0.39, 0.29) is 6.54 Å². The molecule has 0 saturated carbocycles. The molecule has 6 nitrogen and oxygen atoms in total. The van der Waals surface area contributed by atoms with Crippen molar-refractivity contribution in [2.45, 2.75) is 38.3 Å². The summed E-state index contributed by atoms with van der Waals surface area (Å²) in [6.07, 6.45) is 3.14. The van der Waals surface area contributed by atoms with Gasteiger partial charge < -0.3 is 10.6 Å². The Labute approximate surface area is 174 Å². The van der Waals surface area contributed by atoms with E-state index in [0.717, 1.165) is 35.3 Å². The minimum atomic E-state index is -1.16. The summed E-state index contributed by atoms with van der Waals surface area (Å²) >= 11 is 5.85. The van der Waals surface area contributed by atoms with Gasteiger partial charge in [-0.05, 0) is 60.6 Å². The predicted octanol–water partition coefficient (Wildman–Crippen LogP) is 2.91. The van der Waals surface area contributed by atoms with E-state index in [9.17, 15) is 14.4 Å². The first-order valence-electron chi connectivity index (χ1n) is 9.64. The molecule has 1 saturated heterocycles. The fourth-order valence-corrected chi connectivity index (χ4v) is 4.05. The fourth-order valence-electron chi connectivity index (χ4n) is 3.92. The normalized spacial score (nSPS) is 20.6. The standard InChI is InChI=1S/C22H22ClN3O3/c1-22(17-8-7-15-3-2-4-16(15)11-17)20(28)26(21(29)25-22)13-19(27)24-12-14-5-9-18(23)10-6-14/h5-11H,2-4,12-13H2,1H3,(H,24,27)(H,25,29). The van der Waals surface area contributed by atoms with Crippen LogP contribution >= 0.6 is 11.6 Å². The summed E-state index contributed by atoms with van der Waals surface area (Å²) in [5, 5.41) is 6.11. The van der Waals surface area contributed by atoms with Crippen molar-refractivity contribution in [3.8, 4) is 0 Å². The third kappa shape index (κ3) is 3.72. The molecule has 1 aliphatic carbocycles. The molecule has 0 radical (unpaired) electrons. The summed E-state index contributed by atoms with van der Waals surface area (Å²) in [7, 11) is 0. The highest BCUT2D eigenvalue weighted by molar-refractivity contribution is 6.30. The number of amides is 4. The molecule has 2 aliphatic rings. The average Bonchev–Trinajstić information content (AvgIpc) is 3.26. The topological polar surface area (TPSA) is 78.5 Å². The van der Waals surface area contributed by atoms with Crippen molar-refractivity contribution < 1.29 is 14.4 Å².